The smallest absolute Gasteiger partial charge is 0.0620 e. The summed E-state index contributed by atoms with van der Waals surface area (Å²) in [6, 6.07) is 8.41. The second kappa shape index (κ2) is 5.80. The number of hydrogen-bond acceptors (Lipinski definition) is 2. The van der Waals surface area contributed by atoms with Crippen LogP contribution in [-0.2, 0) is 11.2 Å². The lowest BCUT2D eigenvalue weighted by Crippen LogP contribution is -2.29. The first-order valence-electron chi connectivity index (χ1n) is 5.82. The van der Waals surface area contributed by atoms with Crippen molar-refractivity contribution in [1.29, 1.82) is 0 Å². The molecule has 1 aromatic carbocycles. The number of benzene rings is 1. The van der Waals surface area contributed by atoms with E-state index in [-0.39, 0.29) is 6.04 Å². The number of hydrogen-bond donors (Lipinski definition) is 1. The van der Waals surface area contributed by atoms with Crippen LogP contribution in [0.25, 0.3) is 0 Å². The molecule has 0 bridgehead atoms. The van der Waals surface area contributed by atoms with Crippen LogP contribution in [0.15, 0.2) is 28.7 Å². The molecule has 0 aromatic heterocycles. The van der Waals surface area contributed by atoms with Crippen LogP contribution in [0.2, 0.25) is 0 Å². The summed E-state index contributed by atoms with van der Waals surface area (Å²) in [5, 5.41) is 0. The predicted molar refractivity (Wildman–Crippen MR) is 69.4 cm³/mol. The molecule has 16 heavy (non-hydrogen) atoms. The fourth-order valence-corrected chi connectivity index (χ4v) is 1.92. The van der Waals surface area contributed by atoms with Crippen molar-refractivity contribution in [2.45, 2.75) is 25.3 Å². The second-order valence-corrected chi connectivity index (χ2v) is 5.49. The summed E-state index contributed by atoms with van der Waals surface area (Å²) in [6.45, 7) is 1.57. The molecule has 1 unspecified atom stereocenters. The minimum Gasteiger partial charge on any atom is -0.380 e. The molecule has 0 saturated heterocycles. The molecule has 2 rings (SSSR count). The highest BCUT2D eigenvalue weighted by Crippen LogP contribution is 2.28. The lowest BCUT2D eigenvalue weighted by atomic mass is 10.1. The van der Waals surface area contributed by atoms with Gasteiger partial charge in [-0.25, -0.2) is 0 Å². The van der Waals surface area contributed by atoms with Crippen molar-refractivity contribution >= 4 is 15.9 Å². The van der Waals surface area contributed by atoms with Crippen LogP contribution in [0.5, 0.6) is 0 Å². The van der Waals surface area contributed by atoms with Gasteiger partial charge in [-0.1, -0.05) is 28.1 Å². The lowest BCUT2D eigenvalue weighted by Gasteiger charge is -2.12. The molecule has 0 amide bonds. The van der Waals surface area contributed by atoms with E-state index in [2.05, 4.69) is 28.1 Å². The highest BCUT2D eigenvalue weighted by molar-refractivity contribution is 9.10. The third-order valence-corrected chi connectivity index (χ3v) is 3.32. The predicted octanol–water partition coefficient (Wildman–Crippen LogP) is 2.75. The maximum absolute atomic E-state index is 6.01. The Morgan fingerprint density at radius 1 is 1.31 bits per heavy atom. The van der Waals surface area contributed by atoms with Gasteiger partial charge < -0.3 is 10.5 Å². The van der Waals surface area contributed by atoms with Crippen molar-refractivity contribution in [1.82, 2.24) is 0 Å². The minimum atomic E-state index is 0.111. The number of nitrogens with two attached hydrogens (primary N) is 1. The summed E-state index contributed by atoms with van der Waals surface area (Å²) in [5.74, 6) is 0.819. The van der Waals surface area contributed by atoms with E-state index < -0.39 is 0 Å². The average Bonchev–Trinajstić information content (AvgIpc) is 3.05. The Balaban J connectivity index is 1.68. The number of ether oxygens (including phenoxy) is 1. The van der Waals surface area contributed by atoms with Crippen LogP contribution in [0.1, 0.15) is 18.4 Å². The van der Waals surface area contributed by atoms with Gasteiger partial charge in [0.05, 0.1) is 6.61 Å². The molecule has 2 N–H and O–H groups in total. The summed E-state index contributed by atoms with van der Waals surface area (Å²) < 4.78 is 6.69. The van der Waals surface area contributed by atoms with Crippen molar-refractivity contribution in [3.05, 3.63) is 34.3 Å². The van der Waals surface area contributed by atoms with E-state index in [0.29, 0.717) is 6.61 Å². The van der Waals surface area contributed by atoms with Gasteiger partial charge in [-0.2, -0.15) is 0 Å². The first-order valence-corrected chi connectivity index (χ1v) is 6.61. The van der Waals surface area contributed by atoms with E-state index in [1.807, 2.05) is 12.1 Å². The molecule has 1 aromatic rings. The molecular weight excluding hydrogens is 266 g/mol. The first-order chi connectivity index (χ1) is 7.74. The molecule has 1 aliphatic carbocycles. The van der Waals surface area contributed by atoms with E-state index in [1.165, 1.54) is 18.4 Å². The van der Waals surface area contributed by atoms with Gasteiger partial charge in [-0.15, -0.1) is 0 Å². The van der Waals surface area contributed by atoms with Crippen molar-refractivity contribution in [2.24, 2.45) is 11.7 Å². The van der Waals surface area contributed by atoms with Gasteiger partial charge >= 0.3 is 0 Å². The minimum absolute atomic E-state index is 0.111. The second-order valence-electron chi connectivity index (χ2n) is 4.57. The van der Waals surface area contributed by atoms with E-state index in [4.69, 9.17) is 10.5 Å². The monoisotopic (exact) mass is 283 g/mol. The Morgan fingerprint density at radius 3 is 2.62 bits per heavy atom. The Morgan fingerprint density at radius 2 is 2.00 bits per heavy atom. The Labute approximate surface area is 105 Å². The molecular formula is C13H18BrNO. The Bertz CT molecular complexity index is 321. The molecule has 1 saturated carbocycles. The fourth-order valence-electron chi connectivity index (χ4n) is 1.65. The summed E-state index contributed by atoms with van der Waals surface area (Å²) in [7, 11) is 0. The lowest BCUT2D eigenvalue weighted by molar-refractivity contribution is 0.112. The zero-order valence-electron chi connectivity index (χ0n) is 9.36. The van der Waals surface area contributed by atoms with E-state index in [1.54, 1.807) is 0 Å². The van der Waals surface area contributed by atoms with Crippen LogP contribution < -0.4 is 5.73 Å². The van der Waals surface area contributed by atoms with Gasteiger partial charge in [0.2, 0.25) is 0 Å². The van der Waals surface area contributed by atoms with Crippen LogP contribution in [-0.4, -0.2) is 19.3 Å². The molecule has 3 heteroatoms. The van der Waals surface area contributed by atoms with Crippen molar-refractivity contribution in [3.8, 4) is 0 Å². The highest BCUT2D eigenvalue weighted by Gasteiger charge is 2.21. The summed E-state index contributed by atoms with van der Waals surface area (Å²) in [5.41, 5.74) is 7.28. The van der Waals surface area contributed by atoms with E-state index in [0.717, 1.165) is 23.4 Å². The van der Waals surface area contributed by atoms with Gasteiger partial charge in [0.25, 0.3) is 0 Å². The van der Waals surface area contributed by atoms with Crippen LogP contribution in [0.4, 0.5) is 0 Å². The van der Waals surface area contributed by atoms with Gasteiger partial charge in [0.15, 0.2) is 0 Å². The topological polar surface area (TPSA) is 35.2 Å². The van der Waals surface area contributed by atoms with Gasteiger partial charge in [-0.05, 0) is 42.9 Å². The molecule has 2 nitrogen and oxygen atoms in total. The molecule has 88 valence electrons. The normalized spacial score (nSPS) is 17.4. The third-order valence-electron chi connectivity index (χ3n) is 2.79. The number of rotatable bonds is 6. The first kappa shape index (κ1) is 12.1. The van der Waals surface area contributed by atoms with Gasteiger partial charge in [-0.3, -0.25) is 0 Å². The molecule has 0 aliphatic heterocycles. The van der Waals surface area contributed by atoms with Crippen molar-refractivity contribution in [3.63, 3.8) is 0 Å². The quantitative estimate of drug-likeness (QED) is 0.871. The molecule has 0 radical (unpaired) electrons. The molecule has 0 spiro atoms. The van der Waals surface area contributed by atoms with Gasteiger partial charge in [0.1, 0.15) is 0 Å². The Hall–Kier alpha value is -0.380. The molecule has 1 aliphatic rings. The summed E-state index contributed by atoms with van der Waals surface area (Å²) in [6.07, 6.45) is 3.56. The van der Waals surface area contributed by atoms with Crippen LogP contribution >= 0.6 is 15.9 Å². The number of halogens is 1. The van der Waals surface area contributed by atoms with E-state index in [9.17, 15) is 0 Å². The third kappa shape index (κ3) is 4.24. The summed E-state index contributed by atoms with van der Waals surface area (Å²) >= 11 is 3.42. The fraction of sp³-hybridized carbons (Fsp3) is 0.538. The molecule has 0 heterocycles. The van der Waals surface area contributed by atoms with Crippen LogP contribution in [0, 0.1) is 5.92 Å². The Kier molecular flexibility index (Phi) is 4.38. The maximum Gasteiger partial charge on any atom is 0.0620 e. The van der Waals surface area contributed by atoms with Gasteiger partial charge in [0, 0.05) is 17.1 Å². The SMILES string of the molecule is NC(COCC1CC1)Cc1ccc(Br)cc1. The van der Waals surface area contributed by atoms with E-state index >= 15 is 0 Å². The average molecular weight is 284 g/mol. The van der Waals surface area contributed by atoms with Crippen molar-refractivity contribution < 1.29 is 4.74 Å². The highest BCUT2D eigenvalue weighted by atomic mass is 79.9. The molecule has 1 fully saturated rings. The zero-order chi connectivity index (χ0) is 11.4. The summed E-state index contributed by atoms with van der Waals surface area (Å²) in [4.78, 5) is 0. The van der Waals surface area contributed by atoms with Crippen molar-refractivity contribution in [2.75, 3.05) is 13.2 Å². The standard InChI is InChI=1S/C13H18BrNO/c14-12-5-3-10(4-6-12)7-13(15)9-16-8-11-1-2-11/h3-6,11,13H,1-2,7-9,15H2. The largest absolute Gasteiger partial charge is 0.380 e. The maximum atomic E-state index is 6.01. The molecule has 1 atom stereocenters. The van der Waals surface area contributed by atoms with Crippen LogP contribution in [0.3, 0.4) is 0 Å². The zero-order valence-corrected chi connectivity index (χ0v) is 10.9.